The molecule has 1 fully saturated rings. The first kappa shape index (κ1) is 19.5. The number of nitrogens with one attached hydrogen (secondary N) is 4. The molecule has 3 aromatic rings. The molecule has 152 valence electrons. The predicted octanol–water partition coefficient (Wildman–Crippen LogP) is 2.57. The molecule has 1 aliphatic rings. The summed E-state index contributed by atoms with van der Waals surface area (Å²) in [4.78, 5) is 23.6. The zero-order valence-electron chi connectivity index (χ0n) is 16.3. The fourth-order valence-corrected chi connectivity index (χ4v) is 3.54. The lowest BCUT2D eigenvalue weighted by Gasteiger charge is -2.26. The van der Waals surface area contributed by atoms with Gasteiger partial charge in [-0.15, -0.1) is 0 Å². The zero-order chi connectivity index (χ0) is 20.4. The van der Waals surface area contributed by atoms with Gasteiger partial charge in [0, 0.05) is 24.7 Å². The maximum absolute atomic E-state index is 11.3. The number of rotatable bonds is 6. The molecule has 0 saturated carbocycles. The van der Waals surface area contributed by atoms with Crippen molar-refractivity contribution in [3.63, 3.8) is 0 Å². The number of anilines is 1. The van der Waals surface area contributed by atoms with Gasteiger partial charge in [0.15, 0.2) is 12.3 Å². The fourth-order valence-electron chi connectivity index (χ4n) is 3.35. The Hall–Kier alpha value is -2.84. The van der Waals surface area contributed by atoms with Crippen LogP contribution in [0.3, 0.4) is 0 Å². The third-order valence-electron chi connectivity index (χ3n) is 5.05. The summed E-state index contributed by atoms with van der Waals surface area (Å²) in [7, 11) is 1.57. The molecule has 0 unspecified atom stereocenters. The molecule has 8 nitrogen and oxygen atoms in total. The van der Waals surface area contributed by atoms with Crippen molar-refractivity contribution >= 4 is 34.4 Å². The number of carbonyl (C=O) groups excluding carboxylic acids is 1. The van der Waals surface area contributed by atoms with Gasteiger partial charge in [-0.2, -0.15) is 0 Å². The maximum Gasteiger partial charge on any atom is 0.257 e. The number of benzene rings is 1. The second-order valence-electron chi connectivity index (χ2n) is 7.36. The van der Waals surface area contributed by atoms with E-state index in [2.05, 4.69) is 37.8 Å². The Morgan fingerprint density at radius 1 is 1.34 bits per heavy atom. The van der Waals surface area contributed by atoms with E-state index in [4.69, 9.17) is 16.3 Å². The van der Waals surface area contributed by atoms with Crippen LogP contribution >= 0.6 is 11.6 Å². The van der Waals surface area contributed by atoms with E-state index in [1.165, 1.54) is 0 Å². The molecule has 0 spiro atoms. The van der Waals surface area contributed by atoms with Gasteiger partial charge >= 0.3 is 0 Å². The normalized spacial score (nSPS) is 18.7. The first-order valence-electron chi connectivity index (χ1n) is 9.44. The van der Waals surface area contributed by atoms with Crippen LogP contribution in [0.5, 0.6) is 5.75 Å². The van der Waals surface area contributed by atoms with Crippen molar-refractivity contribution in [2.75, 3.05) is 32.1 Å². The predicted molar refractivity (Wildman–Crippen MR) is 113 cm³/mol. The van der Waals surface area contributed by atoms with Gasteiger partial charge in [-0.05, 0) is 44.2 Å². The monoisotopic (exact) mass is 414 g/mol. The number of imidazole rings is 1. The third-order valence-corrected chi connectivity index (χ3v) is 5.33. The number of carbonyl (C=O) groups is 1. The quantitative estimate of drug-likeness (QED) is 0.494. The Kier molecular flexibility index (Phi) is 5.29. The maximum atomic E-state index is 11.3. The molecule has 0 radical (unpaired) electrons. The van der Waals surface area contributed by atoms with E-state index >= 15 is 0 Å². The highest BCUT2D eigenvalue weighted by atomic mass is 35.5. The SMILES string of the molecule is CNC(=O)COc1ccc(-c2nc3ncc(Cl)c(N[C@@]4(C)CCNC4)c3[nH]2)cc1. The lowest BCUT2D eigenvalue weighted by atomic mass is 10.0. The van der Waals surface area contributed by atoms with Gasteiger partial charge in [0.1, 0.15) is 17.1 Å². The topological polar surface area (TPSA) is 104 Å². The molecular formula is C20H23ClN6O2. The minimum absolute atomic E-state index is 0.0223. The van der Waals surface area contributed by atoms with Gasteiger partial charge in [-0.1, -0.05) is 11.6 Å². The molecule has 1 atom stereocenters. The van der Waals surface area contributed by atoms with Crippen LogP contribution in [0.25, 0.3) is 22.6 Å². The minimum Gasteiger partial charge on any atom is -0.484 e. The summed E-state index contributed by atoms with van der Waals surface area (Å²) in [5.74, 6) is 1.12. The van der Waals surface area contributed by atoms with E-state index in [1.54, 1.807) is 25.4 Å². The first-order chi connectivity index (χ1) is 14.0. The Labute approximate surface area is 173 Å². The number of halogens is 1. The van der Waals surface area contributed by atoms with Crippen LogP contribution in [0, 0.1) is 0 Å². The molecule has 1 aromatic carbocycles. The summed E-state index contributed by atoms with van der Waals surface area (Å²) >= 11 is 6.45. The van der Waals surface area contributed by atoms with Crippen LogP contribution in [0.4, 0.5) is 5.69 Å². The van der Waals surface area contributed by atoms with Gasteiger partial charge < -0.3 is 25.7 Å². The van der Waals surface area contributed by atoms with E-state index in [-0.39, 0.29) is 18.1 Å². The molecule has 4 rings (SSSR count). The molecule has 1 saturated heterocycles. The average molecular weight is 415 g/mol. The lowest BCUT2D eigenvalue weighted by Crippen LogP contribution is -2.37. The molecule has 1 amide bonds. The first-order valence-corrected chi connectivity index (χ1v) is 9.82. The summed E-state index contributed by atoms with van der Waals surface area (Å²) < 4.78 is 5.44. The van der Waals surface area contributed by atoms with Crippen LogP contribution in [0.2, 0.25) is 5.02 Å². The molecule has 0 aliphatic carbocycles. The molecule has 1 aliphatic heterocycles. The highest BCUT2D eigenvalue weighted by Crippen LogP contribution is 2.34. The molecule has 3 heterocycles. The van der Waals surface area contributed by atoms with Crippen molar-refractivity contribution in [2.24, 2.45) is 0 Å². The second-order valence-corrected chi connectivity index (χ2v) is 7.77. The van der Waals surface area contributed by atoms with Crippen LogP contribution in [0.1, 0.15) is 13.3 Å². The second kappa shape index (κ2) is 7.88. The van der Waals surface area contributed by atoms with Gasteiger partial charge in [0.25, 0.3) is 5.91 Å². The molecule has 4 N–H and O–H groups in total. The molecular weight excluding hydrogens is 392 g/mol. The molecule has 29 heavy (non-hydrogen) atoms. The minimum atomic E-state index is -0.180. The van der Waals surface area contributed by atoms with Crippen LogP contribution in [0.15, 0.2) is 30.5 Å². The van der Waals surface area contributed by atoms with Gasteiger partial charge in [-0.3, -0.25) is 4.79 Å². The van der Waals surface area contributed by atoms with Gasteiger partial charge in [0.2, 0.25) is 0 Å². The fraction of sp³-hybridized carbons (Fsp3) is 0.350. The summed E-state index contributed by atoms with van der Waals surface area (Å²) in [5, 5.41) is 10.0. The van der Waals surface area contributed by atoms with E-state index in [0.29, 0.717) is 22.2 Å². The van der Waals surface area contributed by atoms with E-state index in [1.807, 2.05) is 12.1 Å². The number of hydrogen-bond acceptors (Lipinski definition) is 6. The average Bonchev–Trinajstić information content (AvgIpc) is 3.35. The lowest BCUT2D eigenvalue weighted by molar-refractivity contribution is -0.122. The number of nitrogens with zero attached hydrogens (tertiary/aromatic N) is 2. The number of likely N-dealkylation sites (N-methyl/N-ethyl adjacent to an activating group) is 1. The van der Waals surface area contributed by atoms with Crippen molar-refractivity contribution in [3.05, 3.63) is 35.5 Å². The molecule has 2 aromatic heterocycles. The van der Waals surface area contributed by atoms with Crippen LogP contribution < -0.4 is 20.7 Å². The van der Waals surface area contributed by atoms with Crippen molar-refractivity contribution in [3.8, 4) is 17.1 Å². The number of aromatic amines is 1. The standard InChI is InChI=1S/C20H23ClN6O2/c1-20(7-8-23-11-20)27-16-14(21)9-24-19-17(16)25-18(26-19)12-3-5-13(6-4-12)29-10-15(28)22-2/h3-6,9,23H,7-8,10-11H2,1-2H3,(H,22,28)(H2,24,25,26,27)/t20-/m0/s1. The van der Waals surface area contributed by atoms with Gasteiger partial charge in [0.05, 0.1) is 16.9 Å². The molecule has 0 bridgehead atoms. The number of ether oxygens (including phenoxy) is 1. The van der Waals surface area contributed by atoms with Crippen LogP contribution in [-0.4, -0.2) is 53.1 Å². The number of hydrogen-bond donors (Lipinski definition) is 4. The Balaban J connectivity index is 1.60. The largest absolute Gasteiger partial charge is 0.484 e. The smallest absolute Gasteiger partial charge is 0.257 e. The summed E-state index contributed by atoms with van der Waals surface area (Å²) in [6.45, 7) is 3.99. The number of amides is 1. The van der Waals surface area contributed by atoms with Crippen molar-refractivity contribution in [1.29, 1.82) is 0 Å². The van der Waals surface area contributed by atoms with Crippen molar-refractivity contribution in [1.82, 2.24) is 25.6 Å². The zero-order valence-corrected chi connectivity index (χ0v) is 17.1. The van der Waals surface area contributed by atoms with Crippen LogP contribution in [-0.2, 0) is 4.79 Å². The Bertz CT molecular complexity index is 1030. The highest BCUT2D eigenvalue weighted by Gasteiger charge is 2.30. The summed E-state index contributed by atoms with van der Waals surface area (Å²) in [6.07, 6.45) is 2.63. The summed E-state index contributed by atoms with van der Waals surface area (Å²) in [5.41, 5.74) is 2.99. The van der Waals surface area contributed by atoms with E-state index < -0.39 is 0 Å². The van der Waals surface area contributed by atoms with Crippen molar-refractivity contribution in [2.45, 2.75) is 18.9 Å². The number of fused-ring (bicyclic) bond motifs is 1. The van der Waals surface area contributed by atoms with E-state index in [0.717, 1.165) is 36.3 Å². The number of pyridine rings is 1. The molecule has 9 heteroatoms. The Morgan fingerprint density at radius 2 is 2.14 bits per heavy atom. The van der Waals surface area contributed by atoms with Gasteiger partial charge in [-0.25, -0.2) is 9.97 Å². The number of aromatic nitrogens is 3. The van der Waals surface area contributed by atoms with Crippen molar-refractivity contribution < 1.29 is 9.53 Å². The van der Waals surface area contributed by atoms with E-state index in [9.17, 15) is 4.79 Å². The summed E-state index contributed by atoms with van der Waals surface area (Å²) in [6, 6.07) is 7.37. The number of H-pyrrole nitrogens is 1. The Morgan fingerprint density at radius 3 is 2.83 bits per heavy atom. The third kappa shape index (κ3) is 4.13. The highest BCUT2D eigenvalue weighted by molar-refractivity contribution is 6.34.